The maximum Gasteiger partial charge on any atom is 0.0336 e. The Morgan fingerprint density at radius 2 is 2.40 bits per heavy atom. The average molecular weight is 175 g/mol. The van der Waals surface area contributed by atoms with Gasteiger partial charge in [0.25, 0.3) is 0 Å². The van der Waals surface area contributed by atoms with Crippen molar-refractivity contribution < 1.29 is 0 Å². The first-order valence-corrected chi connectivity index (χ1v) is 4.84. The second kappa shape index (κ2) is 6.97. The van der Waals surface area contributed by atoms with Crippen LogP contribution in [0.1, 0.15) is 6.92 Å². The summed E-state index contributed by atoms with van der Waals surface area (Å²) in [6, 6.07) is 0. The number of halogens is 1. The third-order valence-electron chi connectivity index (χ3n) is 0.986. The van der Waals surface area contributed by atoms with Gasteiger partial charge >= 0.3 is 0 Å². The Morgan fingerprint density at radius 1 is 1.70 bits per heavy atom. The molecule has 0 aromatic heterocycles. The van der Waals surface area contributed by atoms with Crippen LogP contribution in [0.25, 0.3) is 0 Å². The van der Waals surface area contributed by atoms with Crippen LogP contribution in [0.4, 0.5) is 0 Å². The zero-order valence-corrected chi connectivity index (χ0v) is 7.58. The van der Waals surface area contributed by atoms with Crippen molar-refractivity contribution in [2.75, 3.05) is 5.75 Å². The summed E-state index contributed by atoms with van der Waals surface area (Å²) in [4.78, 5) is 0. The third-order valence-corrected chi connectivity index (χ3v) is 1.76. The summed E-state index contributed by atoms with van der Waals surface area (Å²) >= 11 is 0. The van der Waals surface area contributed by atoms with Crippen LogP contribution in [0, 0.1) is 0 Å². The highest BCUT2D eigenvalue weighted by molar-refractivity contribution is 8.21. The molecule has 2 heteroatoms. The minimum atomic E-state index is 0.815. The van der Waals surface area contributed by atoms with E-state index in [0.717, 1.165) is 11.3 Å². The van der Waals surface area contributed by atoms with Gasteiger partial charge in [0.05, 0.1) is 0 Å². The van der Waals surface area contributed by atoms with Gasteiger partial charge in [0.2, 0.25) is 0 Å². The lowest BCUT2D eigenvalue weighted by Crippen LogP contribution is -1.77. The molecule has 0 fully saturated rings. The Labute approximate surface area is 71.2 Å². The van der Waals surface area contributed by atoms with E-state index in [9.17, 15) is 0 Å². The van der Waals surface area contributed by atoms with Crippen LogP contribution in [0.5, 0.6) is 0 Å². The van der Waals surface area contributed by atoms with Gasteiger partial charge in [-0.1, -0.05) is 41.9 Å². The summed E-state index contributed by atoms with van der Waals surface area (Å²) in [5, 5.41) is 0. The highest BCUT2D eigenvalue weighted by Gasteiger charge is 1.86. The van der Waals surface area contributed by atoms with E-state index in [4.69, 9.17) is 10.7 Å². The Balaban J connectivity index is 3.90. The van der Waals surface area contributed by atoms with Crippen LogP contribution < -0.4 is 0 Å². The second-order valence-electron chi connectivity index (χ2n) is 1.72. The molecule has 0 bridgehead atoms. The highest BCUT2D eigenvalue weighted by Crippen LogP contribution is 2.12. The van der Waals surface area contributed by atoms with Crippen molar-refractivity contribution >= 4 is 21.7 Å². The van der Waals surface area contributed by atoms with Gasteiger partial charge in [-0.15, -0.1) is 0 Å². The average Bonchev–Trinajstić information content (AvgIpc) is 1.98. The summed E-state index contributed by atoms with van der Waals surface area (Å²) in [7, 11) is 6.74. The number of hydrogen-bond donors (Lipinski definition) is 0. The molecule has 0 heterocycles. The molecule has 0 radical (unpaired) electrons. The fraction of sp³-hybridized carbons (Fsp3) is 0.250. The van der Waals surface area contributed by atoms with Crippen molar-refractivity contribution in [1.82, 2.24) is 0 Å². The van der Waals surface area contributed by atoms with Gasteiger partial charge in [0, 0.05) is 5.75 Å². The molecule has 0 aromatic rings. The minimum Gasteiger partial charge on any atom is -0.0988 e. The lowest BCUT2D eigenvalue weighted by molar-refractivity contribution is 1.55. The summed E-state index contributed by atoms with van der Waals surface area (Å²) in [5.74, 6) is 0.815. The molecule has 0 aliphatic carbocycles. The van der Waals surface area contributed by atoms with Crippen LogP contribution in [-0.2, 0) is 0 Å². The first kappa shape index (κ1) is 9.86. The number of allylic oxidation sites excluding steroid dienone is 4. The topological polar surface area (TPSA) is 0 Å². The van der Waals surface area contributed by atoms with Crippen molar-refractivity contribution in [2.45, 2.75) is 6.92 Å². The van der Waals surface area contributed by atoms with Crippen molar-refractivity contribution in [3.05, 3.63) is 36.5 Å². The zero-order valence-electron chi connectivity index (χ0n) is 6.01. The van der Waals surface area contributed by atoms with E-state index >= 15 is 0 Å². The number of rotatable bonds is 4. The van der Waals surface area contributed by atoms with Crippen molar-refractivity contribution in [1.29, 1.82) is 0 Å². The molecule has 0 saturated carbocycles. The van der Waals surface area contributed by atoms with E-state index in [2.05, 4.69) is 6.58 Å². The highest BCUT2D eigenvalue weighted by atomic mass is 35.7. The zero-order chi connectivity index (χ0) is 7.82. The van der Waals surface area contributed by atoms with E-state index in [0.29, 0.717) is 0 Å². The Kier molecular flexibility index (Phi) is 6.88. The molecular formula is C8H11ClS. The van der Waals surface area contributed by atoms with Crippen LogP contribution in [0.3, 0.4) is 0 Å². The summed E-state index contributed by atoms with van der Waals surface area (Å²) in [5.41, 5.74) is 1.15. The van der Waals surface area contributed by atoms with Crippen LogP contribution >= 0.6 is 21.7 Å². The van der Waals surface area contributed by atoms with Gasteiger partial charge in [0.1, 0.15) is 0 Å². The lowest BCUT2D eigenvalue weighted by atomic mass is 10.3. The van der Waals surface area contributed by atoms with E-state index in [1.54, 1.807) is 0 Å². The van der Waals surface area contributed by atoms with Crippen LogP contribution in [0.2, 0.25) is 0 Å². The maximum absolute atomic E-state index is 5.46. The van der Waals surface area contributed by atoms with Crippen molar-refractivity contribution in [3.8, 4) is 0 Å². The summed E-state index contributed by atoms with van der Waals surface area (Å²) in [6.07, 6.45) is 7.77. The summed E-state index contributed by atoms with van der Waals surface area (Å²) < 4.78 is 0. The van der Waals surface area contributed by atoms with E-state index in [1.807, 2.05) is 31.2 Å². The molecule has 56 valence electrons. The van der Waals surface area contributed by atoms with E-state index in [1.165, 1.54) is 11.0 Å². The Morgan fingerprint density at radius 3 is 2.80 bits per heavy atom. The minimum absolute atomic E-state index is 0.815. The Bertz CT molecular complexity index is 147. The largest absolute Gasteiger partial charge is 0.0988 e. The monoisotopic (exact) mass is 174 g/mol. The molecule has 0 N–H and O–H groups in total. The molecule has 0 spiro atoms. The quantitative estimate of drug-likeness (QED) is 0.588. The van der Waals surface area contributed by atoms with Gasteiger partial charge in [0.15, 0.2) is 0 Å². The molecule has 10 heavy (non-hydrogen) atoms. The predicted molar refractivity (Wildman–Crippen MR) is 51.4 cm³/mol. The smallest absolute Gasteiger partial charge is 0.0336 e. The molecular weight excluding hydrogens is 164 g/mol. The molecule has 0 aliphatic heterocycles. The fourth-order valence-electron chi connectivity index (χ4n) is 0.458. The number of hydrogen-bond acceptors (Lipinski definition) is 1. The SMILES string of the molecule is C=C/C(=C\C=C/C)CSCl. The normalized spacial score (nSPS) is 12.4. The van der Waals surface area contributed by atoms with E-state index in [-0.39, 0.29) is 0 Å². The van der Waals surface area contributed by atoms with Crippen molar-refractivity contribution in [3.63, 3.8) is 0 Å². The molecule has 0 saturated heterocycles. The summed E-state index contributed by atoms with van der Waals surface area (Å²) in [6.45, 7) is 5.64. The van der Waals surface area contributed by atoms with E-state index < -0.39 is 0 Å². The molecule has 0 aromatic carbocycles. The molecule has 0 unspecified atom stereocenters. The molecule has 0 amide bonds. The first-order chi connectivity index (χ1) is 4.85. The van der Waals surface area contributed by atoms with Crippen LogP contribution in [0.15, 0.2) is 36.5 Å². The standard InChI is InChI=1S/C8H11ClS/c1-3-5-6-8(4-2)7-10-9/h3-6H,2,7H2,1H3/b5-3-,8-6+. The molecule has 0 nitrogen and oxygen atoms in total. The maximum atomic E-state index is 5.46. The molecule has 0 atom stereocenters. The predicted octanol–water partition coefficient (Wildman–Crippen LogP) is 3.56. The van der Waals surface area contributed by atoms with Crippen LogP contribution in [-0.4, -0.2) is 5.75 Å². The lowest BCUT2D eigenvalue weighted by Gasteiger charge is -1.92. The van der Waals surface area contributed by atoms with Gasteiger partial charge < -0.3 is 0 Å². The third kappa shape index (κ3) is 4.71. The van der Waals surface area contributed by atoms with Gasteiger partial charge in [-0.3, -0.25) is 0 Å². The van der Waals surface area contributed by atoms with Gasteiger partial charge in [-0.25, -0.2) is 0 Å². The first-order valence-electron chi connectivity index (χ1n) is 3.03. The molecule has 0 aliphatic rings. The molecule has 0 rings (SSSR count). The fourth-order valence-corrected chi connectivity index (χ4v) is 1.18. The van der Waals surface area contributed by atoms with Gasteiger partial charge in [-0.05, 0) is 23.2 Å². The second-order valence-corrected chi connectivity index (χ2v) is 2.89. The Hall–Kier alpha value is -0.140. The van der Waals surface area contributed by atoms with Crippen molar-refractivity contribution in [2.24, 2.45) is 0 Å². The van der Waals surface area contributed by atoms with Gasteiger partial charge in [-0.2, -0.15) is 0 Å².